The molecule has 0 saturated carbocycles. The second kappa shape index (κ2) is 5.01. The van der Waals surface area contributed by atoms with Crippen molar-refractivity contribution >= 4 is 16.7 Å². The van der Waals surface area contributed by atoms with E-state index in [9.17, 15) is 9.59 Å². The number of H-pyrrole nitrogens is 1. The molecule has 1 heterocycles. The Kier molecular flexibility index (Phi) is 3.05. The maximum absolute atomic E-state index is 12.0. The summed E-state index contributed by atoms with van der Waals surface area (Å²) in [5, 5.41) is 2.02. The van der Waals surface area contributed by atoms with E-state index in [0.717, 1.165) is 10.8 Å². The van der Waals surface area contributed by atoms with Crippen LogP contribution in [0.5, 0.6) is 5.75 Å². The van der Waals surface area contributed by atoms with Crippen LogP contribution in [0.1, 0.15) is 10.4 Å². The summed E-state index contributed by atoms with van der Waals surface area (Å²) < 4.78 is 5.17. The largest absolute Gasteiger partial charge is 0.423 e. The lowest BCUT2D eigenvalue weighted by atomic mass is 10.1. The summed E-state index contributed by atoms with van der Waals surface area (Å²) >= 11 is 0. The van der Waals surface area contributed by atoms with Crippen LogP contribution in [0.15, 0.2) is 65.6 Å². The van der Waals surface area contributed by atoms with E-state index in [2.05, 4.69) is 4.98 Å². The number of carbonyl (C=O) groups excluding carboxylic acids is 1. The van der Waals surface area contributed by atoms with Crippen LogP contribution in [0, 0.1) is 0 Å². The number of hydrogen-bond acceptors (Lipinski definition) is 3. The van der Waals surface area contributed by atoms with Gasteiger partial charge in [0.05, 0.1) is 5.56 Å². The zero-order chi connectivity index (χ0) is 13.9. The van der Waals surface area contributed by atoms with E-state index in [1.54, 1.807) is 12.1 Å². The van der Waals surface area contributed by atoms with Crippen LogP contribution in [0.25, 0.3) is 10.8 Å². The fraction of sp³-hybridized carbons (Fsp3) is 0. The molecule has 98 valence electrons. The Morgan fingerprint density at radius 1 is 0.950 bits per heavy atom. The molecule has 0 unspecified atom stereocenters. The summed E-state index contributed by atoms with van der Waals surface area (Å²) in [6.45, 7) is 0. The predicted octanol–water partition coefficient (Wildman–Crippen LogP) is 2.75. The molecule has 20 heavy (non-hydrogen) atoms. The third kappa shape index (κ3) is 2.44. The standard InChI is InChI=1S/C16H11NO3/c18-15-10-14(7-8-17-15)20-16(19)13-6-5-11-3-1-2-4-12(11)9-13/h1-10H,(H,17,18). The first-order chi connectivity index (χ1) is 9.72. The number of carbonyl (C=O) groups is 1. The highest BCUT2D eigenvalue weighted by Gasteiger charge is 2.09. The minimum Gasteiger partial charge on any atom is -0.423 e. The molecule has 0 amide bonds. The van der Waals surface area contributed by atoms with Crippen LogP contribution in [-0.4, -0.2) is 11.0 Å². The van der Waals surface area contributed by atoms with Crippen molar-refractivity contribution in [2.45, 2.75) is 0 Å². The Hall–Kier alpha value is -2.88. The molecule has 1 N–H and O–H groups in total. The molecule has 0 bridgehead atoms. The lowest BCUT2D eigenvalue weighted by Gasteiger charge is -2.05. The number of benzene rings is 2. The molecule has 3 rings (SSSR count). The van der Waals surface area contributed by atoms with E-state index in [-0.39, 0.29) is 11.3 Å². The Morgan fingerprint density at radius 3 is 2.55 bits per heavy atom. The number of ether oxygens (including phenoxy) is 1. The van der Waals surface area contributed by atoms with Gasteiger partial charge in [0.1, 0.15) is 5.75 Å². The minimum absolute atomic E-state index is 0.229. The highest BCUT2D eigenvalue weighted by molar-refractivity contribution is 5.96. The Morgan fingerprint density at radius 2 is 1.75 bits per heavy atom. The zero-order valence-electron chi connectivity index (χ0n) is 10.5. The van der Waals surface area contributed by atoms with Crippen molar-refractivity contribution in [1.29, 1.82) is 0 Å². The van der Waals surface area contributed by atoms with Crippen molar-refractivity contribution in [3.05, 3.63) is 76.7 Å². The van der Waals surface area contributed by atoms with Gasteiger partial charge in [-0.1, -0.05) is 30.3 Å². The molecule has 0 atom stereocenters. The number of nitrogens with one attached hydrogen (secondary N) is 1. The van der Waals surface area contributed by atoms with Crippen molar-refractivity contribution in [3.8, 4) is 5.75 Å². The number of fused-ring (bicyclic) bond motifs is 1. The van der Waals surface area contributed by atoms with Crippen LogP contribution < -0.4 is 10.3 Å². The molecule has 3 aromatic rings. The van der Waals surface area contributed by atoms with Crippen molar-refractivity contribution in [2.75, 3.05) is 0 Å². The van der Waals surface area contributed by atoms with Crippen molar-refractivity contribution in [2.24, 2.45) is 0 Å². The Bertz CT molecular complexity index is 836. The molecule has 0 spiro atoms. The van der Waals surface area contributed by atoms with Gasteiger partial charge in [-0.25, -0.2) is 4.79 Å². The summed E-state index contributed by atoms with van der Waals surface area (Å²) in [6.07, 6.45) is 1.44. The maximum Gasteiger partial charge on any atom is 0.343 e. The number of rotatable bonds is 2. The van der Waals surface area contributed by atoms with Gasteiger partial charge in [0.25, 0.3) is 5.56 Å². The summed E-state index contributed by atoms with van der Waals surface area (Å²) in [6, 6.07) is 15.9. The number of esters is 1. The minimum atomic E-state index is -0.485. The van der Waals surface area contributed by atoms with Gasteiger partial charge in [0.2, 0.25) is 0 Å². The second-order valence-electron chi connectivity index (χ2n) is 4.34. The third-order valence-electron chi connectivity index (χ3n) is 2.94. The summed E-state index contributed by atoms with van der Waals surface area (Å²) in [5.41, 5.74) is 0.137. The van der Waals surface area contributed by atoms with Crippen molar-refractivity contribution < 1.29 is 9.53 Å². The predicted molar refractivity (Wildman–Crippen MR) is 76.0 cm³/mol. The molecule has 1 aromatic heterocycles. The normalized spacial score (nSPS) is 10.4. The maximum atomic E-state index is 12.0. The molecule has 0 fully saturated rings. The molecule has 4 heteroatoms. The second-order valence-corrected chi connectivity index (χ2v) is 4.34. The van der Waals surface area contributed by atoms with E-state index < -0.39 is 5.97 Å². The zero-order valence-corrected chi connectivity index (χ0v) is 10.5. The summed E-state index contributed by atoms with van der Waals surface area (Å²) in [7, 11) is 0. The van der Waals surface area contributed by atoms with Crippen LogP contribution in [-0.2, 0) is 0 Å². The molecule has 0 radical (unpaired) electrons. The average Bonchev–Trinajstić information content (AvgIpc) is 2.47. The SMILES string of the molecule is O=C(Oc1cc[nH]c(=O)c1)c1ccc2ccccc2c1. The monoisotopic (exact) mass is 265 g/mol. The van der Waals surface area contributed by atoms with E-state index in [1.807, 2.05) is 30.3 Å². The first-order valence-electron chi connectivity index (χ1n) is 6.12. The topological polar surface area (TPSA) is 59.2 Å². The van der Waals surface area contributed by atoms with E-state index in [0.29, 0.717) is 5.56 Å². The Labute approximate surface area is 114 Å². The van der Waals surface area contributed by atoms with Crippen molar-refractivity contribution in [1.82, 2.24) is 4.98 Å². The molecule has 0 aliphatic heterocycles. The van der Waals surface area contributed by atoms with E-state index >= 15 is 0 Å². The lowest BCUT2D eigenvalue weighted by molar-refractivity contribution is 0.0734. The van der Waals surface area contributed by atoms with Crippen LogP contribution in [0.3, 0.4) is 0 Å². The molecular formula is C16H11NO3. The number of pyridine rings is 1. The van der Waals surface area contributed by atoms with Crippen LogP contribution in [0.2, 0.25) is 0 Å². The molecule has 0 saturated heterocycles. The highest BCUT2D eigenvalue weighted by Crippen LogP contribution is 2.17. The van der Waals surface area contributed by atoms with Gasteiger partial charge < -0.3 is 9.72 Å². The summed E-state index contributed by atoms with van der Waals surface area (Å²) in [4.78, 5) is 25.6. The lowest BCUT2D eigenvalue weighted by Crippen LogP contribution is -2.11. The van der Waals surface area contributed by atoms with Gasteiger partial charge in [-0.3, -0.25) is 4.79 Å². The molecule has 2 aromatic carbocycles. The summed E-state index contributed by atoms with van der Waals surface area (Å²) in [5.74, 6) is -0.256. The molecule has 0 aliphatic rings. The fourth-order valence-electron chi connectivity index (χ4n) is 1.97. The molecule has 0 aliphatic carbocycles. The fourth-order valence-corrected chi connectivity index (χ4v) is 1.97. The van der Waals surface area contributed by atoms with Gasteiger partial charge >= 0.3 is 5.97 Å². The van der Waals surface area contributed by atoms with Gasteiger partial charge in [-0.05, 0) is 29.0 Å². The number of aromatic amines is 1. The quantitative estimate of drug-likeness (QED) is 0.725. The molecular weight excluding hydrogens is 254 g/mol. The third-order valence-corrected chi connectivity index (χ3v) is 2.94. The smallest absolute Gasteiger partial charge is 0.343 e. The van der Waals surface area contributed by atoms with Crippen molar-refractivity contribution in [3.63, 3.8) is 0 Å². The van der Waals surface area contributed by atoms with Gasteiger partial charge in [0.15, 0.2) is 0 Å². The van der Waals surface area contributed by atoms with E-state index in [4.69, 9.17) is 4.74 Å². The van der Waals surface area contributed by atoms with E-state index in [1.165, 1.54) is 18.3 Å². The molecule has 4 nitrogen and oxygen atoms in total. The Balaban J connectivity index is 1.90. The van der Waals surface area contributed by atoms with Crippen LogP contribution in [0.4, 0.5) is 0 Å². The first-order valence-corrected chi connectivity index (χ1v) is 6.12. The van der Waals surface area contributed by atoms with Gasteiger partial charge in [-0.15, -0.1) is 0 Å². The van der Waals surface area contributed by atoms with Gasteiger partial charge in [0, 0.05) is 12.3 Å². The first kappa shape index (κ1) is 12.2. The van der Waals surface area contributed by atoms with Gasteiger partial charge in [-0.2, -0.15) is 0 Å². The average molecular weight is 265 g/mol. The number of aromatic nitrogens is 1. The highest BCUT2D eigenvalue weighted by atomic mass is 16.5. The number of hydrogen-bond donors (Lipinski definition) is 1. The van der Waals surface area contributed by atoms with Crippen LogP contribution >= 0.6 is 0 Å².